The van der Waals surface area contributed by atoms with Crippen LogP contribution in [0.15, 0.2) is 67.6 Å². The second-order valence-corrected chi connectivity index (χ2v) is 7.66. The van der Waals surface area contributed by atoms with Crippen molar-refractivity contribution >= 4 is 28.5 Å². The van der Waals surface area contributed by atoms with Crippen molar-refractivity contribution in [1.29, 1.82) is 0 Å². The van der Waals surface area contributed by atoms with E-state index in [2.05, 4.69) is 34.8 Å². The molecule has 4 N–H and O–H groups in total. The minimum absolute atomic E-state index is 0. The molecule has 218 valence electrons. The minimum Gasteiger partial charge on any atom is -0.384 e. The number of pyridine rings is 3. The summed E-state index contributed by atoms with van der Waals surface area (Å²) in [4.78, 5) is 19.9. The van der Waals surface area contributed by atoms with E-state index < -0.39 is 0 Å². The summed E-state index contributed by atoms with van der Waals surface area (Å²) in [5.74, 6) is 0.447. The molecule has 0 bridgehead atoms. The van der Waals surface area contributed by atoms with E-state index in [-0.39, 0.29) is 21.3 Å². The predicted octanol–water partition coefficient (Wildman–Crippen LogP) is 4.08. The SMILES string of the molecule is C.C.COC(OC)N(C)C.NCc1ccc2ncnn2c1.[C-]#[N+]c1ccc(N)nc1.[C-]#[N+]c1ccc2ncnn2c1. The zero-order valence-electron chi connectivity index (χ0n) is 22.1. The van der Waals surface area contributed by atoms with E-state index in [1.807, 2.05) is 37.3 Å². The van der Waals surface area contributed by atoms with Crippen LogP contribution in [0.25, 0.3) is 21.0 Å². The van der Waals surface area contributed by atoms with Gasteiger partial charge in [0.2, 0.25) is 17.8 Å². The van der Waals surface area contributed by atoms with Crippen molar-refractivity contribution in [3.8, 4) is 0 Å². The van der Waals surface area contributed by atoms with E-state index in [9.17, 15) is 0 Å². The number of nitrogens with zero attached hydrogens (tertiary/aromatic N) is 10. The van der Waals surface area contributed by atoms with Crippen LogP contribution in [-0.2, 0) is 16.0 Å². The number of nitrogen functional groups attached to an aromatic ring is 1. The lowest BCUT2D eigenvalue weighted by molar-refractivity contribution is -0.179. The smallest absolute Gasteiger partial charge is 0.217 e. The Bertz CT molecular complexity index is 1500. The molecule has 0 unspecified atom stereocenters. The Morgan fingerprint density at radius 1 is 0.829 bits per heavy atom. The van der Waals surface area contributed by atoms with Crippen molar-refractivity contribution in [3.05, 3.63) is 96.0 Å². The molecule has 14 nitrogen and oxygen atoms in total. The first kappa shape index (κ1) is 36.0. The fraction of sp³-hybridized carbons (Fsp3) is 0.296. The highest BCUT2D eigenvalue weighted by atomic mass is 16.7. The van der Waals surface area contributed by atoms with Gasteiger partial charge in [0.05, 0.1) is 13.1 Å². The molecule has 5 aromatic heterocycles. The Hall–Kier alpha value is -4.99. The van der Waals surface area contributed by atoms with E-state index in [0.29, 0.717) is 23.7 Å². The summed E-state index contributed by atoms with van der Waals surface area (Å²) in [6, 6.07) is 10.6. The number of ether oxygens (including phenoxy) is 2. The highest BCUT2D eigenvalue weighted by Gasteiger charge is 2.04. The Kier molecular flexibility index (Phi) is 16.8. The molecule has 5 heterocycles. The molecule has 5 aromatic rings. The van der Waals surface area contributed by atoms with E-state index in [4.69, 9.17) is 34.1 Å². The van der Waals surface area contributed by atoms with Crippen LogP contribution >= 0.6 is 0 Å². The molecule has 0 saturated carbocycles. The van der Waals surface area contributed by atoms with Crippen molar-refractivity contribution in [2.24, 2.45) is 5.73 Å². The Balaban J connectivity index is 0.000000517. The van der Waals surface area contributed by atoms with Crippen LogP contribution in [-0.4, -0.2) is 73.8 Å². The van der Waals surface area contributed by atoms with Gasteiger partial charge in [-0.15, -0.1) is 0 Å². The van der Waals surface area contributed by atoms with Gasteiger partial charge >= 0.3 is 0 Å². The lowest BCUT2D eigenvalue weighted by Crippen LogP contribution is -2.30. The molecule has 0 amide bonds. The fourth-order valence-corrected chi connectivity index (χ4v) is 2.83. The van der Waals surface area contributed by atoms with Gasteiger partial charge in [0, 0.05) is 39.4 Å². The summed E-state index contributed by atoms with van der Waals surface area (Å²) in [6.45, 7) is 13.8. The second kappa shape index (κ2) is 19.1. The highest BCUT2D eigenvalue weighted by Crippen LogP contribution is 2.11. The third kappa shape index (κ3) is 11.7. The molecule has 0 saturated heterocycles. The lowest BCUT2D eigenvalue weighted by Gasteiger charge is -2.19. The van der Waals surface area contributed by atoms with Crippen LogP contribution in [0.5, 0.6) is 0 Å². The first-order valence-electron chi connectivity index (χ1n) is 11.3. The molecule has 5 rings (SSSR count). The first-order valence-corrected chi connectivity index (χ1v) is 11.3. The maximum atomic E-state index is 6.74. The number of nitrogens with two attached hydrogens (primary N) is 2. The monoisotopic (exact) mass is 562 g/mol. The average molecular weight is 563 g/mol. The molecular weight excluding hydrogens is 524 g/mol. The van der Waals surface area contributed by atoms with Gasteiger partial charge in [-0.25, -0.2) is 28.7 Å². The Labute approximate surface area is 240 Å². The summed E-state index contributed by atoms with van der Waals surface area (Å²) < 4.78 is 13.0. The topological polar surface area (TPSA) is 156 Å². The third-order valence-corrected chi connectivity index (χ3v) is 4.68. The van der Waals surface area contributed by atoms with E-state index >= 15 is 0 Å². The van der Waals surface area contributed by atoms with Gasteiger partial charge < -0.3 is 20.9 Å². The number of rotatable bonds is 4. The third-order valence-electron chi connectivity index (χ3n) is 4.68. The molecule has 0 radical (unpaired) electrons. The Morgan fingerprint density at radius 2 is 1.37 bits per heavy atom. The maximum absolute atomic E-state index is 6.74. The predicted molar refractivity (Wildman–Crippen MR) is 160 cm³/mol. The average Bonchev–Trinajstić information content (AvgIpc) is 3.63. The van der Waals surface area contributed by atoms with Gasteiger partial charge in [-0.05, 0) is 37.9 Å². The zero-order chi connectivity index (χ0) is 28.6. The molecule has 0 aromatic carbocycles. The number of hydrogen-bond donors (Lipinski definition) is 2. The molecule has 14 heteroatoms. The van der Waals surface area contributed by atoms with Crippen molar-refractivity contribution in [2.75, 3.05) is 34.0 Å². The van der Waals surface area contributed by atoms with Crippen molar-refractivity contribution < 1.29 is 9.47 Å². The van der Waals surface area contributed by atoms with Crippen LogP contribution < -0.4 is 11.5 Å². The molecule has 0 spiro atoms. The van der Waals surface area contributed by atoms with Crippen LogP contribution in [0.3, 0.4) is 0 Å². The lowest BCUT2D eigenvalue weighted by atomic mass is 10.3. The normalized spacial score (nSPS) is 9.49. The van der Waals surface area contributed by atoms with Gasteiger partial charge in [0.1, 0.15) is 18.5 Å². The standard InChI is InChI=1S/C7H4N4.C7H8N4.C6H5N3.C5H13NO2.2CH4/c1-8-6-2-3-7-9-5-10-11(7)4-6;8-3-6-1-2-7-9-5-10-11(7)4-6;1-8-5-2-3-6(7)9-4-5;1-6(2)5(7-3)8-4;;/h2-5H;1-2,4-5H,3,8H2;2-4H,(H2,7,9);5H,1-4H3;2*1H4. The number of fused-ring (bicyclic) bond motifs is 2. The van der Waals surface area contributed by atoms with Gasteiger partial charge in [0.15, 0.2) is 11.3 Å². The van der Waals surface area contributed by atoms with Crippen molar-refractivity contribution in [3.63, 3.8) is 0 Å². The zero-order valence-corrected chi connectivity index (χ0v) is 22.1. The number of aromatic nitrogens is 7. The van der Waals surface area contributed by atoms with Crippen LogP contribution in [0, 0.1) is 13.1 Å². The van der Waals surface area contributed by atoms with E-state index in [0.717, 1.165) is 16.9 Å². The Morgan fingerprint density at radius 3 is 1.80 bits per heavy atom. The molecule has 0 atom stereocenters. The fourth-order valence-electron chi connectivity index (χ4n) is 2.83. The highest BCUT2D eigenvalue weighted by molar-refractivity contribution is 5.49. The molecule has 0 fully saturated rings. The van der Waals surface area contributed by atoms with Crippen LogP contribution in [0.2, 0.25) is 0 Å². The van der Waals surface area contributed by atoms with Gasteiger partial charge in [-0.1, -0.05) is 33.1 Å². The van der Waals surface area contributed by atoms with Gasteiger partial charge in [-0.3, -0.25) is 9.88 Å². The second-order valence-electron chi connectivity index (χ2n) is 7.66. The molecule has 41 heavy (non-hydrogen) atoms. The molecule has 0 aliphatic rings. The largest absolute Gasteiger partial charge is 0.384 e. The molecular formula is C27H38N12O2. The number of anilines is 1. The number of hydrogen-bond acceptors (Lipinski definition) is 10. The summed E-state index contributed by atoms with van der Waals surface area (Å²) in [6.07, 6.45) is 7.74. The first-order chi connectivity index (χ1) is 18.8. The summed E-state index contributed by atoms with van der Waals surface area (Å²) >= 11 is 0. The van der Waals surface area contributed by atoms with Crippen LogP contribution in [0.1, 0.15) is 20.4 Å². The summed E-state index contributed by atoms with van der Waals surface area (Å²) in [5.41, 5.74) is 14.5. The molecule has 0 aliphatic carbocycles. The van der Waals surface area contributed by atoms with E-state index in [1.54, 1.807) is 53.7 Å². The molecule has 0 aliphatic heterocycles. The number of methoxy groups -OCH3 is 2. The van der Waals surface area contributed by atoms with Crippen molar-refractivity contribution in [2.45, 2.75) is 27.8 Å². The summed E-state index contributed by atoms with van der Waals surface area (Å²) in [7, 11) is 6.98. The minimum atomic E-state index is -0.213. The van der Waals surface area contributed by atoms with E-state index in [1.165, 1.54) is 18.9 Å². The quantitative estimate of drug-likeness (QED) is 0.242. The van der Waals surface area contributed by atoms with Crippen LogP contribution in [0.4, 0.5) is 17.2 Å². The van der Waals surface area contributed by atoms with Crippen molar-refractivity contribution in [1.82, 2.24) is 39.1 Å². The van der Waals surface area contributed by atoms with Gasteiger partial charge in [0.25, 0.3) is 0 Å². The maximum Gasteiger partial charge on any atom is 0.217 e. The summed E-state index contributed by atoms with van der Waals surface area (Å²) in [5, 5.41) is 7.87. The van der Waals surface area contributed by atoms with Gasteiger partial charge in [-0.2, -0.15) is 10.2 Å².